The number of rotatable bonds is 4. The summed E-state index contributed by atoms with van der Waals surface area (Å²) in [6.07, 6.45) is 1.73. The van der Waals surface area contributed by atoms with Crippen molar-refractivity contribution >= 4 is 42.9 Å². The van der Waals surface area contributed by atoms with Gasteiger partial charge in [0.25, 0.3) is 0 Å². The summed E-state index contributed by atoms with van der Waals surface area (Å²) < 4.78 is 45.4. The van der Waals surface area contributed by atoms with Crippen LogP contribution < -0.4 is 29.6 Å². The Labute approximate surface area is 216 Å². The van der Waals surface area contributed by atoms with Gasteiger partial charge in [0.2, 0.25) is 0 Å². The molecule has 5 aromatic rings. The molecule has 5 rings (SSSR count). The zero-order valence-corrected chi connectivity index (χ0v) is 21.5. The number of sulfone groups is 1. The third-order valence-corrected chi connectivity index (χ3v) is 7.19. The second kappa shape index (κ2) is 11.2. The summed E-state index contributed by atoms with van der Waals surface area (Å²) in [5, 5.41) is 2.00. The smallest absolute Gasteiger partial charge is 0.768 e. The molecular weight excluding hydrogens is 467 g/mol. The Morgan fingerprint density at radius 2 is 1.52 bits per heavy atom. The van der Waals surface area contributed by atoms with Crippen LogP contribution in [0.2, 0.25) is 0 Å². The van der Waals surface area contributed by atoms with Crippen LogP contribution in [-0.4, -0.2) is 27.1 Å². The Kier molecular flexibility index (Phi) is 8.58. The van der Waals surface area contributed by atoms with Crippen LogP contribution >= 0.6 is 0 Å². The summed E-state index contributed by atoms with van der Waals surface area (Å²) in [5.74, 6) is -0.0140. The standard InChI is InChI=1S/C18H14N2O2S.C6H6O2S.Na/c21-23(22,14-5-2-1-3-6-14)12-13-8-9-17-16(11-13)15-7-4-10-19-18(15)20-17;7-9(8)6-4-2-1-3-5-6;/h1-11H,12H2,(H,19,20);1-5H,(H,7,8);/q;;+1/p-1. The predicted molar refractivity (Wildman–Crippen MR) is 125 cm³/mol. The number of aromatic amines is 1. The van der Waals surface area contributed by atoms with Gasteiger partial charge in [-0.2, -0.15) is 0 Å². The van der Waals surface area contributed by atoms with Crippen molar-refractivity contribution in [2.75, 3.05) is 0 Å². The Morgan fingerprint density at radius 1 is 0.848 bits per heavy atom. The molecule has 0 bridgehead atoms. The number of benzene rings is 3. The van der Waals surface area contributed by atoms with E-state index >= 15 is 0 Å². The Balaban J connectivity index is 0.000000260. The molecule has 1 atom stereocenters. The van der Waals surface area contributed by atoms with Crippen molar-refractivity contribution in [3.05, 3.63) is 103 Å². The summed E-state index contributed by atoms with van der Waals surface area (Å²) in [4.78, 5) is 8.21. The van der Waals surface area contributed by atoms with Crippen molar-refractivity contribution in [2.24, 2.45) is 0 Å². The zero-order valence-electron chi connectivity index (χ0n) is 17.8. The van der Waals surface area contributed by atoms with E-state index in [-0.39, 0.29) is 35.3 Å². The number of fused-ring (bicyclic) bond motifs is 3. The summed E-state index contributed by atoms with van der Waals surface area (Å²) in [6, 6.07) is 26.3. The van der Waals surface area contributed by atoms with E-state index in [0.717, 1.165) is 27.5 Å². The number of aromatic nitrogens is 2. The van der Waals surface area contributed by atoms with E-state index in [0.29, 0.717) is 9.79 Å². The Bertz CT molecular complexity index is 1490. The summed E-state index contributed by atoms with van der Waals surface area (Å²) in [7, 11) is -3.34. The van der Waals surface area contributed by atoms with E-state index in [9.17, 15) is 17.2 Å². The first-order valence-corrected chi connectivity index (χ1v) is 12.4. The van der Waals surface area contributed by atoms with Gasteiger partial charge in [0.1, 0.15) is 5.65 Å². The van der Waals surface area contributed by atoms with E-state index in [1.54, 1.807) is 60.8 Å². The van der Waals surface area contributed by atoms with Crippen LogP contribution in [0.4, 0.5) is 0 Å². The van der Waals surface area contributed by atoms with Crippen molar-refractivity contribution in [3.8, 4) is 0 Å². The van der Waals surface area contributed by atoms with Gasteiger partial charge < -0.3 is 9.54 Å². The van der Waals surface area contributed by atoms with Gasteiger partial charge in [0.15, 0.2) is 9.84 Å². The fraction of sp³-hybridized carbons (Fsp3) is 0.0417. The molecule has 3 aromatic carbocycles. The van der Waals surface area contributed by atoms with Crippen LogP contribution in [0.25, 0.3) is 21.9 Å². The first-order chi connectivity index (χ1) is 15.4. The first kappa shape index (κ1) is 25.3. The molecule has 33 heavy (non-hydrogen) atoms. The maximum Gasteiger partial charge on any atom is 1.00 e. The Hall–Kier alpha value is -2.33. The zero-order chi connectivity index (χ0) is 22.6. The molecule has 0 saturated heterocycles. The summed E-state index contributed by atoms with van der Waals surface area (Å²) in [5.41, 5.74) is 2.54. The molecule has 6 nitrogen and oxygen atoms in total. The van der Waals surface area contributed by atoms with Gasteiger partial charge in [-0.1, -0.05) is 42.5 Å². The molecule has 0 amide bonds. The maximum atomic E-state index is 12.5. The van der Waals surface area contributed by atoms with Crippen molar-refractivity contribution in [3.63, 3.8) is 0 Å². The van der Waals surface area contributed by atoms with Gasteiger partial charge in [-0.3, -0.25) is 4.21 Å². The Morgan fingerprint density at radius 3 is 2.15 bits per heavy atom. The van der Waals surface area contributed by atoms with E-state index < -0.39 is 20.9 Å². The molecule has 0 radical (unpaired) electrons. The van der Waals surface area contributed by atoms with Crippen LogP contribution in [-0.2, 0) is 26.7 Å². The maximum absolute atomic E-state index is 12.5. The van der Waals surface area contributed by atoms with Gasteiger partial charge in [0.05, 0.1) is 10.6 Å². The van der Waals surface area contributed by atoms with Gasteiger partial charge in [-0.25, -0.2) is 13.4 Å². The molecule has 0 aliphatic carbocycles. The molecule has 0 fully saturated rings. The molecule has 2 aromatic heterocycles. The summed E-state index contributed by atoms with van der Waals surface area (Å²) in [6.45, 7) is 0. The number of nitrogens with one attached hydrogen (secondary N) is 1. The van der Waals surface area contributed by atoms with E-state index in [2.05, 4.69) is 9.97 Å². The van der Waals surface area contributed by atoms with Crippen molar-refractivity contribution in [1.82, 2.24) is 9.97 Å². The van der Waals surface area contributed by atoms with Crippen molar-refractivity contribution in [2.45, 2.75) is 15.5 Å². The van der Waals surface area contributed by atoms with Gasteiger partial charge in [-0.15, -0.1) is 0 Å². The summed E-state index contributed by atoms with van der Waals surface area (Å²) >= 11 is -2.08. The minimum Gasteiger partial charge on any atom is -0.768 e. The quantitative estimate of drug-likeness (QED) is 0.307. The fourth-order valence-electron chi connectivity index (χ4n) is 3.33. The molecule has 1 N–H and O–H groups in total. The van der Waals surface area contributed by atoms with Crippen molar-refractivity contribution in [1.29, 1.82) is 0 Å². The molecule has 9 heteroatoms. The minimum absolute atomic E-state index is 0. The van der Waals surface area contributed by atoms with Gasteiger partial charge in [0, 0.05) is 27.4 Å². The number of hydrogen-bond donors (Lipinski definition) is 1. The molecule has 1 unspecified atom stereocenters. The monoisotopic (exact) mass is 486 g/mol. The number of nitrogens with zero attached hydrogens (tertiary/aromatic N) is 1. The minimum atomic E-state index is -3.34. The molecule has 0 spiro atoms. The average molecular weight is 487 g/mol. The molecule has 0 aliphatic rings. The van der Waals surface area contributed by atoms with Crippen LogP contribution in [0, 0.1) is 0 Å². The van der Waals surface area contributed by atoms with Crippen LogP contribution in [0.3, 0.4) is 0 Å². The van der Waals surface area contributed by atoms with Crippen LogP contribution in [0.15, 0.2) is 107 Å². The molecule has 0 aliphatic heterocycles. The third-order valence-electron chi connectivity index (χ3n) is 4.83. The van der Waals surface area contributed by atoms with Gasteiger partial charge >= 0.3 is 29.6 Å². The van der Waals surface area contributed by atoms with Crippen LogP contribution in [0.1, 0.15) is 5.56 Å². The topological polar surface area (TPSA) is 103 Å². The van der Waals surface area contributed by atoms with E-state index in [4.69, 9.17) is 0 Å². The van der Waals surface area contributed by atoms with E-state index in [1.165, 1.54) is 0 Å². The van der Waals surface area contributed by atoms with Gasteiger partial charge in [-0.05, 0) is 65.2 Å². The first-order valence-electron chi connectivity index (χ1n) is 9.71. The third kappa shape index (κ3) is 6.17. The molecular formula is C24H19N2NaO4S2. The van der Waals surface area contributed by atoms with E-state index in [1.807, 2.05) is 36.4 Å². The average Bonchev–Trinajstić information content (AvgIpc) is 3.18. The fourth-order valence-corrected chi connectivity index (χ4v) is 5.06. The second-order valence-electron chi connectivity index (χ2n) is 7.02. The SMILES string of the molecule is O=S(=O)(Cc1ccc2[nH]c3ncccc3c2c1)c1ccccc1.O=S([O-])c1ccccc1.[Na+]. The normalized spacial score (nSPS) is 11.9. The number of H-pyrrole nitrogens is 1. The molecule has 0 saturated carbocycles. The van der Waals surface area contributed by atoms with Crippen LogP contribution in [0.5, 0.6) is 0 Å². The second-order valence-corrected chi connectivity index (χ2v) is 9.95. The molecule has 2 heterocycles. The molecule has 162 valence electrons. The largest absolute Gasteiger partial charge is 1.00 e. The van der Waals surface area contributed by atoms with Crippen molar-refractivity contribution < 1.29 is 46.7 Å². The number of hydrogen-bond acceptors (Lipinski definition) is 5. The number of pyridine rings is 1. The predicted octanol–water partition coefficient (Wildman–Crippen LogP) is 1.62.